The molecule has 4 aromatic rings. The van der Waals surface area contributed by atoms with E-state index in [4.69, 9.17) is 5.10 Å². The van der Waals surface area contributed by atoms with Crippen molar-refractivity contribution in [2.45, 2.75) is 19.4 Å². The van der Waals surface area contributed by atoms with Crippen molar-refractivity contribution in [2.24, 2.45) is 5.10 Å². The summed E-state index contributed by atoms with van der Waals surface area (Å²) in [5, 5.41) is 17.3. The fourth-order valence-corrected chi connectivity index (χ4v) is 4.96. The van der Waals surface area contributed by atoms with E-state index in [0.717, 1.165) is 33.1 Å². The van der Waals surface area contributed by atoms with Crippen LogP contribution in [0.5, 0.6) is 0 Å². The van der Waals surface area contributed by atoms with Crippen molar-refractivity contribution in [1.29, 1.82) is 0 Å². The first kappa shape index (κ1) is 18.0. The molecule has 1 atom stereocenters. The van der Waals surface area contributed by atoms with Crippen LogP contribution in [0.2, 0.25) is 0 Å². The van der Waals surface area contributed by atoms with Gasteiger partial charge in [-0.3, -0.25) is 4.79 Å². The molecule has 0 saturated heterocycles. The average molecular weight is 419 g/mol. The van der Waals surface area contributed by atoms with Gasteiger partial charge in [-0.2, -0.15) is 21.5 Å². The molecule has 0 N–H and O–H groups in total. The molecular formula is C22H18N4OS2. The summed E-state index contributed by atoms with van der Waals surface area (Å²) in [6, 6.07) is 16.0. The van der Waals surface area contributed by atoms with Crippen molar-refractivity contribution in [3.63, 3.8) is 0 Å². The van der Waals surface area contributed by atoms with Crippen LogP contribution in [0, 0.1) is 0 Å². The van der Waals surface area contributed by atoms with Crippen molar-refractivity contribution >= 4 is 34.3 Å². The van der Waals surface area contributed by atoms with E-state index >= 15 is 0 Å². The molecule has 1 amide bonds. The number of hydrazone groups is 1. The third kappa shape index (κ3) is 3.32. The molecule has 5 rings (SSSR count). The van der Waals surface area contributed by atoms with E-state index in [1.807, 2.05) is 58.0 Å². The summed E-state index contributed by atoms with van der Waals surface area (Å²) in [6.07, 6.45) is 2.72. The minimum atomic E-state index is -0.169. The lowest BCUT2D eigenvalue weighted by Gasteiger charge is -2.20. The van der Waals surface area contributed by atoms with Crippen LogP contribution in [0.15, 0.2) is 76.0 Å². The van der Waals surface area contributed by atoms with E-state index in [2.05, 4.69) is 22.6 Å². The van der Waals surface area contributed by atoms with Gasteiger partial charge in [-0.1, -0.05) is 24.3 Å². The maximum absolute atomic E-state index is 12.4. The predicted molar refractivity (Wildman–Crippen MR) is 118 cm³/mol. The number of carbonyl (C=O) groups excluding carboxylic acids is 1. The lowest BCUT2D eigenvalue weighted by Crippen LogP contribution is -2.24. The van der Waals surface area contributed by atoms with Gasteiger partial charge in [0.25, 0.3) is 0 Å². The molecular weight excluding hydrogens is 400 g/mol. The van der Waals surface area contributed by atoms with Gasteiger partial charge >= 0.3 is 0 Å². The van der Waals surface area contributed by atoms with Gasteiger partial charge in [0.2, 0.25) is 5.91 Å². The first-order valence-electron chi connectivity index (χ1n) is 9.29. The molecule has 0 bridgehead atoms. The summed E-state index contributed by atoms with van der Waals surface area (Å²) in [6.45, 7) is 1.57. The Morgan fingerprint density at radius 3 is 2.66 bits per heavy atom. The zero-order valence-corrected chi connectivity index (χ0v) is 17.4. The molecule has 1 unspecified atom stereocenters. The summed E-state index contributed by atoms with van der Waals surface area (Å²) < 4.78 is 1.89. The second-order valence-corrected chi connectivity index (χ2v) is 8.56. The molecule has 0 saturated carbocycles. The predicted octanol–water partition coefficient (Wildman–Crippen LogP) is 5.36. The number of benzene rings is 1. The number of thiophene rings is 2. The maximum atomic E-state index is 12.4. The van der Waals surface area contributed by atoms with E-state index in [9.17, 15) is 4.79 Å². The number of rotatable bonds is 4. The number of hydrogen-bond acceptors (Lipinski definition) is 5. The molecule has 4 heterocycles. The quantitative estimate of drug-likeness (QED) is 0.448. The molecule has 0 spiro atoms. The fourth-order valence-electron chi connectivity index (χ4n) is 3.60. The summed E-state index contributed by atoms with van der Waals surface area (Å²) >= 11 is 3.29. The van der Waals surface area contributed by atoms with Crippen molar-refractivity contribution in [3.8, 4) is 16.9 Å². The van der Waals surface area contributed by atoms with Gasteiger partial charge in [-0.25, -0.2) is 9.69 Å². The van der Waals surface area contributed by atoms with Crippen LogP contribution >= 0.6 is 22.7 Å². The minimum Gasteiger partial charge on any atom is -0.273 e. The highest BCUT2D eigenvalue weighted by molar-refractivity contribution is 7.12. The Kier molecular flexibility index (Phi) is 4.61. The molecule has 1 aliphatic heterocycles. The molecule has 144 valence electrons. The average Bonchev–Trinajstić information content (AvgIpc) is 3.54. The summed E-state index contributed by atoms with van der Waals surface area (Å²) in [7, 11) is 0. The standard InChI is InChI=1S/C22H18N4OS2/c1-15(27)26-20(12-19(23-26)21-8-5-10-29-21)18-13-25(17-6-3-2-4-7-17)24-22(18)16-9-11-28-14-16/h2-11,13-14,20H,12H2,1H3. The van der Waals surface area contributed by atoms with E-state index in [0.29, 0.717) is 6.42 Å². The third-order valence-electron chi connectivity index (χ3n) is 4.96. The Bertz CT molecular complexity index is 1160. The Morgan fingerprint density at radius 1 is 1.10 bits per heavy atom. The largest absolute Gasteiger partial charge is 0.273 e. The van der Waals surface area contributed by atoms with Gasteiger partial charge in [-0.15, -0.1) is 11.3 Å². The Hall–Kier alpha value is -3.03. The second kappa shape index (κ2) is 7.42. The first-order chi connectivity index (χ1) is 14.2. The molecule has 7 heteroatoms. The van der Waals surface area contributed by atoms with Crippen molar-refractivity contribution in [1.82, 2.24) is 14.8 Å². The van der Waals surface area contributed by atoms with Gasteiger partial charge in [0.15, 0.2) is 0 Å². The fraction of sp³-hybridized carbons (Fsp3) is 0.136. The topological polar surface area (TPSA) is 50.5 Å². The highest BCUT2D eigenvalue weighted by atomic mass is 32.1. The number of nitrogens with zero attached hydrogens (tertiary/aromatic N) is 4. The zero-order chi connectivity index (χ0) is 19.8. The third-order valence-corrected chi connectivity index (χ3v) is 6.56. The summed E-state index contributed by atoms with van der Waals surface area (Å²) in [4.78, 5) is 13.5. The van der Waals surface area contributed by atoms with Gasteiger partial charge in [0.05, 0.1) is 28.0 Å². The van der Waals surface area contributed by atoms with Crippen LogP contribution < -0.4 is 0 Å². The molecule has 5 nitrogen and oxygen atoms in total. The number of carbonyl (C=O) groups is 1. The Labute approximate surface area is 176 Å². The van der Waals surface area contributed by atoms with Crippen LogP contribution in [0.1, 0.15) is 29.8 Å². The van der Waals surface area contributed by atoms with E-state index in [1.54, 1.807) is 34.6 Å². The minimum absolute atomic E-state index is 0.0646. The molecule has 1 aromatic carbocycles. The van der Waals surface area contributed by atoms with Crippen LogP contribution in [0.25, 0.3) is 16.9 Å². The van der Waals surface area contributed by atoms with Gasteiger partial charge in [-0.05, 0) is 35.0 Å². The Balaban J connectivity index is 1.61. The smallest absolute Gasteiger partial charge is 0.240 e. The van der Waals surface area contributed by atoms with Gasteiger partial charge < -0.3 is 0 Å². The molecule has 0 radical (unpaired) electrons. The van der Waals surface area contributed by atoms with Gasteiger partial charge in [0.1, 0.15) is 0 Å². The highest BCUT2D eigenvalue weighted by Gasteiger charge is 2.35. The van der Waals surface area contributed by atoms with Gasteiger partial charge in [0, 0.05) is 36.0 Å². The van der Waals surface area contributed by atoms with E-state index in [-0.39, 0.29) is 11.9 Å². The second-order valence-electron chi connectivity index (χ2n) is 6.83. The number of amides is 1. The van der Waals surface area contributed by atoms with Crippen LogP contribution in [-0.4, -0.2) is 26.4 Å². The molecule has 29 heavy (non-hydrogen) atoms. The molecule has 0 fully saturated rings. The zero-order valence-electron chi connectivity index (χ0n) is 15.7. The summed E-state index contributed by atoms with van der Waals surface area (Å²) in [5.41, 5.74) is 4.91. The van der Waals surface area contributed by atoms with Crippen LogP contribution in [0.3, 0.4) is 0 Å². The van der Waals surface area contributed by atoms with Crippen LogP contribution in [-0.2, 0) is 4.79 Å². The SMILES string of the molecule is CC(=O)N1N=C(c2cccs2)CC1c1cn(-c2ccccc2)nc1-c1ccsc1. The van der Waals surface area contributed by atoms with Crippen LogP contribution in [0.4, 0.5) is 0 Å². The van der Waals surface area contributed by atoms with Crippen molar-refractivity contribution < 1.29 is 4.79 Å². The normalized spacial score (nSPS) is 16.2. The molecule has 3 aromatic heterocycles. The maximum Gasteiger partial charge on any atom is 0.240 e. The molecule has 1 aliphatic rings. The lowest BCUT2D eigenvalue weighted by atomic mass is 9.99. The number of hydrogen-bond donors (Lipinski definition) is 0. The highest BCUT2D eigenvalue weighted by Crippen LogP contribution is 2.39. The first-order valence-corrected chi connectivity index (χ1v) is 11.1. The monoisotopic (exact) mass is 418 g/mol. The summed E-state index contributed by atoms with van der Waals surface area (Å²) in [5.74, 6) is -0.0646. The van der Waals surface area contributed by atoms with E-state index in [1.165, 1.54) is 0 Å². The number of aromatic nitrogens is 2. The lowest BCUT2D eigenvalue weighted by molar-refractivity contribution is -0.130. The number of para-hydroxylation sites is 1. The molecule has 0 aliphatic carbocycles. The van der Waals surface area contributed by atoms with Crippen molar-refractivity contribution in [3.05, 3.63) is 81.3 Å². The van der Waals surface area contributed by atoms with E-state index < -0.39 is 0 Å². The Morgan fingerprint density at radius 2 is 1.97 bits per heavy atom. The van der Waals surface area contributed by atoms with Crippen molar-refractivity contribution in [2.75, 3.05) is 0 Å².